The lowest BCUT2D eigenvalue weighted by Gasteiger charge is -2.05. The Morgan fingerprint density at radius 2 is 1.83 bits per heavy atom. The molecule has 0 saturated carbocycles. The monoisotopic (exact) mass is 305 g/mol. The third-order valence-corrected chi connectivity index (χ3v) is 4.35. The number of rotatable bonds is 3. The fraction of sp³-hybridized carbons (Fsp3) is 0.250. The Hall–Kier alpha value is -2.55. The van der Waals surface area contributed by atoms with Crippen LogP contribution in [-0.4, -0.2) is 26.0 Å². The van der Waals surface area contributed by atoms with Crippen molar-refractivity contribution in [3.8, 4) is 0 Å². The van der Waals surface area contributed by atoms with Crippen LogP contribution in [0.1, 0.15) is 29.7 Å². The van der Waals surface area contributed by atoms with Crippen LogP contribution in [-0.2, 0) is 6.42 Å². The SMILES string of the molecule is C.CNc1ccc(C2=Cc3cc(C4=NCCN4)ccc3C2)cc1. The van der Waals surface area contributed by atoms with Gasteiger partial charge in [-0.05, 0) is 46.9 Å². The minimum Gasteiger partial charge on any atom is -0.388 e. The van der Waals surface area contributed by atoms with Crippen molar-refractivity contribution in [2.75, 3.05) is 25.5 Å². The summed E-state index contributed by atoms with van der Waals surface area (Å²) in [7, 11) is 1.95. The van der Waals surface area contributed by atoms with E-state index in [0.29, 0.717) is 0 Å². The summed E-state index contributed by atoms with van der Waals surface area (Å²) in [5.74, 6) is 1.03. The standard InChI is InChI=1S/C19H19N3.CH4/c1-20-18-6-4-13(5-7-18)16-10-14-2-3-15(11-17(14)12-16)19-21-8-9-22-19;/h2-7,11-12,20H,8-10H2,1H3,(H,21,22);1H4. The van der Waals surface area contributed by atoms with Gasteiger partial charge in [0, 0.05) is 24.8 Å². The summed E-state index contributed by atoms with van der Waals surface area (Å²) >= 11 is 0. The molecule has 1 aliphatic carbocycles. The van der Waals surface area contributed by atoms with Gasteiger partial charge in [-0.25, -0.2) is 0 Å². The number of hydrogen-bond donors (Lipinski definition) is 2. The Labute approximate surface area is 138 Å². The number of nitrogens with one attached hydrogen (secondary N) is 2. The van der Waals surface area contributed by atoms with Crippen LogP contribution < -0.4 is 10.6 Å². The van der Waals surface area contributed by atoms with Crippen LogP contribution in [0.3, 0.4) is 0 Å². The smallest absolute Gasteiger partial charge is 0.128 e. The van der Waals surface area contributed by atoms with Gasteiger partial charge in [-0.15, -0.1) is 0 Å². The van der Waals surface area contributed by atoms with E-state index < -0.39 is 0 Å². The first-order chi connectivity index (χ1) is 10.8. The van der Waals surface area contributed by atoms with Crippen LogP contribution in [0.5, 0.6) is 0 Å². The summed E-state index contributed by atoms with van der Waals surface area (Å²) < 4.78 is 0. The molecule has 0 radical (unpaired) electrons. The predicted molar refractivity (Wildman–Crippen MR) is 100 cm³/mol. The van der Waals surface area contributed by atoms with Gasteiger partial charge in [-0.3, -0.25) is 4.99 Å². The summed E-state index contributed by atoms with van der Waals surface area (Å²) in [4.78, 5) is 4.51. The van der Waals surface area contributed by atoms with Crippen LogP contribution in [0.25, 0.3) is 11.6 Å². The second-order valence-corrected chi connectivity index (χ2v) is 5.74. The molecule has 1 aliphatic heterocycles. The number of aliphatic imine (C=N–C) groups is 1. The van der Waals surface area contributed by atoms with Gasteiger partial charge in [0.25, 0.3) is 0 Å². The minimum absolute atomic E-state index is 0. The summed E-state index contributed by atoms with van der Waals surface area (Å²) in [6.45, 7) is 1.83. The van der Waals surface area contributed by atoms with E-state index in [2.05, 4.69) is 64.2 Å². The van der Waals surface area contributed by atoms with Crippen molar-refractivity contribution in [3.63, 3.8) is 0 Å². The zero-order valence-corrected chi connectivity index (χ0v) is 12.7. The molecule has 0 unspecified atom stereocenters. The molecule has 0 saturated heterocycles. The molecule has 23 heavy (non-hydrogen) atoms. The van der Waals surface area contributed by atoms with Crippen molar-refractivity contribution in [3.05, 3.63) is 64.7 Å². The molecule has 2 aromatic rings. The highest BCUT2D eigenvalue weighted by Gasteiger charge is 2.16. The molecule has 2 aromatic carbocycles. The molecule has 0 atom stereocenters. The third kappa shape index (κ3) is 2.87. The molecule has 3 nitrogen and oxygen atoms in total. The van der Waals surface area contributed by atoms with Gasteiger partial charge in [0.05, 0.1) is 6.54 Å². The third-order valence-electron chi connectivity index (χ3n) is 4.35. The van der Waals surface area contributed by atoms with Crippen LogP contribution in [0.2, 0.25) is 0 Å². The number of nitrogens with zero attached hydrogens (tertiary/aromatic N) is 1. The molecule has 0 fully saturated rings. The van der Waals surface area contributed by atoms with Gasteiger partial charge < -0.3 is 10.6 Å². The van der Waals surface area contributed by atoms with Crippen molar-refractivity contribution < 1.29 is 0 Å². The van der Waals surface area contributed by atoms with E-state index in [1.165, 1.54) is 27.8 Å². The van der Waals surface area contributed by atoms with E-state index in [9.17, 15) is 0 Å². The average molecular weight is 305 g/mol. The summed E-state index contributed by atoms with van der Waals surface area (Å²) in [6.07, 6.45) is 3.32. The lowest BCUT2D eigenvalue weighted by Crippen LogP contribution is -2.19. The number of hydrogen-bond acceptors (Lipinski definition) is 3. The van der Waals surface area contributed by atoms with Gasteiger partial charge in [0.1, 0.15) is 5.84 Å². The first-order valence-electron chi connectivity index (χ1n) is 7.74. The summed E-state index contributed by atoms with van der Waals surface area (Å²) in [5.41, 5.74) is 7.74. The van der Waals surface area contributed by atoms with Gasteiger partial charge in [0.15, 0.2) is 0 Å². The lowest BCUT2D eigenvalue weighted by atomic mass is 10.0. The molecule has 4 rings (SSSR count). The maximum absolute atomic E-state index is 4.51. The molecular weight excluding hydrogens is 282 g/mol. The Balaban J connectivity index is 0.00000156. The fourth-order valence-electron chi connectivity index (χ4n) is 3.11. The second kappa shape index (κ2) is 6.29. The van der Waals surface area contributed by atoms with E-state index in [-0.39, 0.29) is 7.43 Å². The molecule has 2 aliphatic rings. The number of fused-ring (bicyclic) bond motifs is 1. The van der Waals surface area contributed by atoms with Crippen molar-refractivity contribution >= 4 is 23.2 Å². The highest BCUT2D eigenvalue weighted by atomic mass is 15.1. The zero-order valence-electron chi connectivity index (χ0n) is 12.7. The Kier molecular flexibility index (Phi) is 4.20. The van der Waals surface area contributed by atoms with Gasteiger partial charge >= 0.3 is 0 Å². The quantitative estimate of drug-likeness (QED) is 0.904. The van der Waals surface area contributed by atoms with E-state index in [4.69, 9.17) is 0 Å². The maximum atomic E-state index is 4.51. The molecule has 0 spiro atoms. The van der Waals surface area contributed by atoms with Crippen molar-refractivity contribution in [2.45, 2.75) is 13.8 Å². The highest BCUT2D eigenvalue weighted by molar-refractivity contribution is 6.01. The summed E-state index contributed by atoms with van der Waals surface area (Å²) in [5, 5.41) is 6.50. The highest BCUT2D eigenvalue weighted by Crippen LogP contribution is 2.32. The van der Waals surface area contributed by atoms with Crippen molar-refractivity contribution in [1.29, 1.82) is 0 Å². The van der Waals surface area contributed by atoms with E-state index >= 15 is 0 Å². The predicted octanol–water partition coefficient (Wildman–Crippen LogP) is 3.81. The van der Waals surface area contributed by atoms with E-state index in [1.54, 1.807) is 0 Å². The van der Waals surface area contributed by atoms with Crippen LogP contribution in [0, 0.1) is 0 Å². The van der Waals surface area contributed by atoms with Crippen LogP contribution in [0.4, 0.5) is 5.69 Å². The number of allylic oxidation sites excluding steroid dienone is 1. The molecule has 1 heterocycles. The number of benzene rings is 2. The molecule has 0 aromatic heterocycles. The topological polar surface area (TPSA) is 36.4 Å². The Morgan fingerprint density at radius 1 is 1.04 bits per heavy atom. The van der Waals surface area contributed by atoms with Gasteiger partial charge in [-0.1, -0.05) is 37.8 Å². The second-order valence-electron chi connectivity index (χ2n) is 5.74. The summed E-state index contributed by atoms with van der Waals surface area (Å²) in [6, 6.07) is 15.3. The van der Waals surface area contributed by atoms with Crippen molar-refractivity contribution in [1.82, 2.24) is 5.32 Å². The molecule has 3 heteroatoms. The van der Waals surface area contributed by atoms with Gasteiger partial charge in [-0.2, -0.15) is 0 Å². The first-order valence-corrected chi connectivity index (χ1v) is 7.74. The van der Waals surface area contributed by atoms with E-state index in [1.807, 2.05) is 7.05 Å². The molecule has 0 amide bonds. The van der Waals surface area contributed by atoms with E-state index in [0.717, 1.165) is 31.0 Å². The largest absolute Gasteiger partial charge is 0.388 e. The lowest BCUT2D eigenvalue weighted by molar-refractivity contribution is 0.960. The van der Waals surface area contributed by atoms with Crippen LogP contribution in [0.15, 0.2) is 47.5 Å². The minimum atomic E-state index is 0. The molecule has 0 bridgehead atoms. The Bertz CT molecular complexity index is 770. The Morgan fingerprint density at radius 3 is 2.52 bits per heavy atom. The molecular formula is C20H23N3. The number of amidine groups is 1. The molecule has 2 N–H and O–H groups in total. The van der Waals surface area contributed by atoms with Crippen LogP contribution >= 0.6 is 0 Å². The zero-order chi connectivity index (χ0) is 14.9. The molecule has 118 valence electrons. The average Bonchev–Trinajstić information content (AvgIpc) is 3.23. The fourth-order valence-corrected chi connectivity index (χ4v) is 3.11. The van der Waals surface area contributed by atoms with Crippen molar-refractivity contribution in [2.24, 2.45) is 4.99 Å². The maximum Gasteiger partial charge on any atom is 0.128 e. The van der Waals surface area contributed by atoms with Gasteiger partial charge in [0.2, 0.25) is 0 Å². The normalized spacial score (nSPS) is 15.2. The number of anilines is 1. The first kappa shape index (κ1) is 15.3.